The number of aromatic nitrogens is 1. The highest BCUT2D eigenvalue weighted by Gasteiger charge is 2.09. The lowest BCUT2D eigenvalue weighted by molar-refractivity contribution is 0.865. The van der Waals surface area contributed by atoms with E-state index in [4.69, 9.17) is 0 Å². The van der Waals surface area contributed by atoms with E-state index in [9.17, 15) is 0 Å². The molecule has 0 fully saturated rings. The summed E-state index contributed by atoms with van der Waals surface area (Å²) in [5, 5.41) is 0. The first-order chi connectivity index (χ1) is 10.6. The van der Waals surface area contributed by atoms with Gasteiger partial charge in [-0.1, -0.05) is 55.8 Å². The summed E-state index contributed by atoms with van der Waals surface area (Å²) in [5.41, 5.74) is 7.65. The molecule has 3 rings (SSSR count). The standard InChI is InChI=1S/C21H23N/c1-15(2)18-10-12-20(13-11-18)22-17(4)7-14-21(22)19-8-5-16(3)6-9-19/h5-15H,1-4H3. The summed E-state index contributed by atoms with van der Waals surface area (Å²) in [6.45, 7) is 8.74. The van der Waals surface area contributed by atoms with Gasteiger partial charge in [0, 0.05) is 11.4 Å². The molecular formula is C21H23N. The second-order valence-corrected chi connectivity index (χ2v) is 6.31. The van der Waals surface area contributed by atoms with E-state index in [0.717, 1.165) is 0 Å². The number of rotatable bonds is 3. The highest BCUT2D eigenvalue weighted by molar-refractivity contribution is 5.64. The fourth-order valence-corrected chi connectivity index (χ4v) is 2.84. The van der Waals surface area contributed by atoms with Crippen LogP contribution in [0.4, 0.5) is 0 Å². The molecule has 1 heteroatoms. The molecule has 0 atom stereocenters. The first-order valence-electron chi connectivity index (χ1n) is 7.92. The lowest BCUT2D eigenvalue weighted by Gasteiger charge is -2.14. The Labute approximate surface area is 133 Å². The SMILES string of the molecule is Cc1ccc(-c2ccc(C)n2-c2ccc(C(C)C)cc2)cc1. The maximum atomic E-state index is 2.33. The Morgan fingerprint density at radius 2 is 1.36 bits per heavy atom. The molecule has 0 bridgehead atoms. The summed E-state index contributed by atoms with van der Waals surface area (Å²) in [6, 6.07) is 22.0. The normalized spacial score (nSPS) is 11.1. The van der Waals surface area contributed by atoms with Crippen LogP contribution in [-0.2, 0) is 0 Å². The van der Waals surface area contributed by atoms with Crippen LogP contribution in [0.25, 0.3) is 16.9 Å². The van der Waals surface area contributed by atoms with E-state index >= 15 is 0 Å². The molecule has 0 spiro atoms. The Morgan fingerprint density at radius 1 is 0.727 bits per heavy atom. The topological polar surface area (TPSA) is 4.93 Å². The summed E-state index contributed by atoms with van der Waals surface area (Å²) < 4.78 is 2.33. The number of nitrogens with zero attached hydrogens (tertiary/aromatic N) is 1. The summed E-state index contributed by atoms with van der Waals surface area (Å²) in [5.74, 6) is 0.566. The molecule has 0 saturated heterocycles. The molecule has 0 saturated carbocycles. The minimum atomic E-state index is 0.566. The van der Waals surface area contributed by atoms with Gasteiger partial charge >= 0.3 is 0 Å². The average Bonchev–Trinajstić information content (AvgIpc) is 2.90. The number of benzene rings is 2. The first kappa shape index (κ1) is 14.6. The van der Waals surface area contributed by atoms with Crippen molar-refractivity contribution in [3.63, 3.8) is 0 Å². The second kappa shape index (κ2) is 5.84. The largest absolute Gasteiger partial charge is 0.314 e. The van der Waals surface area contributed by atoms with Crippen molar-refractivity contribution in [2.24, 2.45) is 0 Å². The third-order valence-electron chi connectivity index (χ3n) is 4.24. The molecule has 112 valence electrons. The molecule has 0 radical (unpaired) electrons. The molecular weight excluding hydrogens is 266 g/mol. The molecule has 22 heavy (non-hydrogen) atoms. The van der Waals surface area contributed by atoms with Gasteiger partial charge in [0.05, 0.1) is 5.69 Å². The molecule has 1 heterocycles. The molecule has 0 amide bonds. The highest BCUT2D eigenvalue weighted by atomic mass is 15.0. The van der Waals surface area contributed by atoms with Gasteiger partial charge in [0.2, 0.25) is 0 Å². The van der Waals surface area contributed by atoms with Crippen LogP contribution in [0, 0.1) is 13.8 Å². The van der Waals surface area contributed by atoms with Gasteiger partial charge in [0.15, 0.2) is 0 Å². The molecule has 2 aromatic carbocycles. The third kappa shape index (κ3) is 2.71. The van der Waals surface area contributed by atoms with E-state index in [2.05, 4.69) is 92.9 Å². The van der Waals surface area contributed by atoms with Gasteiger partial charge < -0.3 is 4.57 Å². The van der Waals surface area contributed by atoms with Crippen molar-refractivity contribution in [1.82, 2.24) is 4.57 Å². The first-order valence-corrected chi connectivity index (χ1v) is 7.92. The van der Waals surface area contributed by atoms with E-state index in [1.165, 1.54) is 33.8 Å². The molecule has 0 aliphatic rings. The number of hydrogen-bond donors (Lipinski definition) is 0. The zero-order valence-electron chi connectivity index (χ0n) is 13.8. The predicted molar refractivity (Wildman–Crippen MR) is 94.8 cm³/mol. The summed E-state index contributed by atoms with van der Waals surface area (Å²) >= 11 is 0. The Bertz CT molecular complexity index is 759. The Morgan fingerprint density at radius 3 is 1.95 bits per heavy atom. The fraction of sp³-hybridized carbons (Fsp3) is 0.238. The monoisotopic (exact) mass is 289 g/mol. The van der Waals surface area contributed by atoms with Crippen molar-refractivity contribution in [2.75, 3.05) is 0 Å². The maximum absolute atomic E-state index is 2.33. The molecule has 0 N–H and O–H groups in total. The van der Waals surface area contributed by atoms with Crippen molar-refractivity contribution >= 4 is 0 Å². The highest BCUT2D eigenvalue weighted by Crippen LogP contribution is 2.27. The van der Waals surface area contributed by atoms with Crippen molar-refractivity contribution in [3.05, 3.63) is 77.5 Å². The second-order valence-electron chi connectivity index (χ2n) is 6.31. The predicted octanol–water partition coefficient (Wildman–Crippen LogP) is 5.88. The van der Waals surface area contributed by atoms with Crippen LogP contribution in [0.5, 0.6) is 0 Å². The van der Waals surface area contributed by atoms with Crippen LogP contribution in [0.1, 0.15) is 36.6 Å². The van der Waals surface area contributed by atoms with Gasteiger partial charge in [-0.15, -0.1) is 0 Å². The average molecular weight is 289 g/mol. The molecule has 1 aromatic heterocycles. The smallest absolute Gasteiger partial charge is 0.0531 e. The van der Waals surface area contributed by atoms with Gasteiger partial charge in [-0.05, 0) is 55.2 Å². The zero-order chi connectivity index (χ0) is 15.7. The minimum Gasteiger partial charge on any atom is -0.314 e. The van der Waals surface area contributed by atoms with Gasteiger partial charge in [-0.3, -0.25) is 0 Å². The molecule has 1 nitrogen and oxygen atoms in total. The molecule has 0 aliphatic carbocycles. The summed E-state index contributed by atoms with van der Waals surface area (Å²) in [6.07, 6.45) is 0. The number of hydrogen-bond acceptors (Lipinski definition) is 0. The van der Waals surface area contributed by atoms with Crippen molar-refractivity contribution in [1.29, 1.82) is 0 Å². The summed E-state index contributed by atoms with van der Waals surface area (Å²) in [7, 11) is 0. The van der Waals surface area contributed by atoms with Crippen molar-refractivity contribution in [3.8, 4) is 16.9 Å². The van der Waals surface area contributed by atoms with E-state index < -0.39 is 0 Å². The zero-order valence-corrected chi connectivity index (χ0v) is 13.8. The Hall–Kier alpha value is -2.28. The van der Waals surface area contributed by atoms with Gasteiger partial charge in [0.25, 0.3) is 0 Å². The van der Waals surface area contributed by atoms with E-state index in [1.54, 1.807) is 0 Å². The van der Waals surface area contributed by atoms with Crippen LogP contribution < -0.4 is 0 Å². The number of aryl methyl sites for hydroxylation is 2. The minimum absolute atomic E-state index is 0.566. The van der Waals surface area contributed by atoms with Crippen LogP contribution in [0.2, 0.25) is 0 Å². The van der Waals surface area contributed by atoms with E-state index in [-0.39, 0.29) is 0 Å². The van der Waals surface area contributed by atoms with Crippen molar-refractivity contribution < 1.29 is 0 Å². The Balaban J connectivity index is 2.07. The van der Waals surface area contributed by atoms with Crippen LogP contribution in [0.15, 0.2) is 60.7 Å². The van der Waals surface area contributed by atoms with E-state index in [1.807, 2.05) is 0 Å². The van der Waals surface area contributed by atoms with Crippen LogP contribution >= 0.6 is 0 Å². The molecule has 3 aromatic rings. The molecule has 0 unspecified atom stereocenters. The molecule has 0 aliphatic heterocycles. The van der Waals surface area contributed by atoms with Crippen LogP contribution in [0.3, 0.4) is 0 Å². The van der Waals surface area contributed by atoms with Crippen molar-refractivity contribution in [2.45, 2.75) is 33.6 Å². The summed E-state index contributed by atoms with van der Waals surface area (Å²) in [4.78, 5) is 0. The van der Waals surface area contributed by atoms with Crippen LogP contribution in [-0.4, -0.2) is 4.57 Å². The van der Waals surface area contributed by atoms with Gasteiger partial charge in [-0.2, -0.15) is 0 Å². The fourth-order valence-electron chi connectivity index (χ4n) is 2.84. The van der Waals surface area contributed by atoms with E-state index in [0.29, 0.717) is 5.92 Å². The van der Waals surface area contributed by atoms with Gasteiger partial charge in [-0.25, -0.2) is 0 Å². The Kier molecular flexibility index (Phi) is 3.89. The lowest BCUT2D eigenvalue weighted by atomic mass is 10.0. The van der Waals surface area contributed by atoms with Gasteiger partial charge in [0.1, 0.15) is 0 Å². The third-order valence-corrected chi connectivity index (χ3v) is 4.24. The lowest BCUT2D eigenvalue weighted by Crippen LogP contribution is -1.99. The quantitative estimate of drug-likeness (QED) is 0.567. The maximum Gasteiger partial charge on any atom is 0.0531 e.